The van der Waals surface area contributed by atoms with E-state index in [0.29, 0.717) is 6.04 Å². The fraction of sp³-hybridized carbons (Fsp3) is 0.900. The number of hydrogen-bond donors (Lipinski definition) is 2. The van der Waals surface area contributed by atoms with Gasteiger partial charge in [-0.25, -0.2) is 4.79 Å². The second-order valence-electron chi connectivity index (χ2n) is 3.81. The predicted molar refractivity (Wildman–Crippen MR) is 61.8 cm³/mol. The zero-order chi connectivity index (χ0) is 10.4. The Hall–Kier alpha value is -0.380. The van der Waals surface area contributed by atoms with Crippen molar-refractivity contribution in [1.29, 1.82) is 0 Å². The Kier molecular flexibility index (Phi) is 5.15. The summed E-state index contributed by atoms with van der Waals surface area (Å²) in [5, 5.41) is 5.91. The summed E-state index contributed by atoms with van der Waals surface area (Å²) in [6.07, 6.45) is 3.54. The van der Waals surface area contributed by atoms with Crippen LogP contribution in [0.2, 0.25) is 0 Å². The highest BCUT2D eigenvalue weighted by Crippen LogP contribution is 2.17. The monoisotopic (exact) mass is 216 g/mol. The molecule has 0 aromatic heterocycles. The van der Waals surface area contributed by atoms with Gasteiger partial charge in [-0.05, 0) is 31.9 Å². The lowest BCUT2D eigenvalue weighted by atomic mass is 9.93. The first-order chi connectivity index (χ1) is 6.72. The third kappa shape index (κ3) is 4.22. The average molecular weight is 216 g/mol. The standard InChI is InChI=1S/C10H20N2OS/c1-3-14-7-8(2)11-10(13)12-9-5-4-6-9/h8-9H,3-7H2,1-2H3,(H2,11,12,13). The maximum Gasteiger partial charge on any atom is 0.315 e. The Balaban J connectivity index is 2.05. The van der Waals surface area contributed by atoms with Gasteiger partial charge in [0, 0.05) is 17.8 Å². The number of nitrogens with one attached hydrogen (secondary N) is 2. The molecule has 1 fully saturated rings. The van der Waals surface area contributed by atoms with Crippen LogP contribution in [-0.2, 0) is 0 Å². The number of rotatable bonds is 5. The van der Waals surface area contributed by atoms with Gasteiger partial charge in [0.25, 0.3) is 0 Å². The van der Waals surface area contributed by atoms with Crippen LogP contribution in [0.4, 0.5) is 4.79 Å². The highest BCUT2D eigenvalue weighted by atomic mass is 32.2. The summed E-state index contributed by atoms with van der Waals surface area (Å²) in [7, 11) is 0. The molecule has 82 valence electrons. The fourth-order valence-electron chi connectivity index (χ4n) is 1.34. The van der Waals surface area contributed by atoms with Crippen molar-refractivity contribution in [2.24, 2.45) is 0 Å². The summed E-state index contributed by atoms with van der Waals surface area (Å²) in [5.74, 6) is 2.10. The number of carbonyl (C=O) groups excluding carboxylic acids is 1. The lowest BCUT2D eigenvalue weighted by molar-refractivity contribution is 0.226. The average Bonchev–Trinajstić information content (AvgIpc) is 2.08. The van der Waals surface area contributed by atoms with Crippen LogP contribution >= 0.6 is 11.8 Å². The molecular weight excluding hydrogens is 196 g/mol. The van der Waals surface area contributed by atoms with Crippen LogP contribution in [0, 0.1) is 0 Å². The molecule has 0 spiro atoms. The lowest BCUT2D eigenvalue weighted by Crippen LogP contribution is -2.48. The van der Waals surface area contributed by atoms with E-state index in [4.69, 9.17) is 0 Å². The number of amides is 2. The van der Waals surface area contributed by atoms with Crippen molar-refractivity contribution in [3.8, 4) is 0 Å². The summed E-state index contributed by atoms with van der Waals surface area (Å²) in [6, 6.07) is 0.694. The summed E-state index contributed by atoms with van der Waals surface area (Å²) < 4.78 is 0. The zero-order valence-electron chi connectivity index (χ0n) is 9.01. The molecule has 4 heteroatoms. The van der Waals surface area contributed by atoms with Crippen LogP contribution in [0.5, 0.6) is 0 Å². The molecule has 2 amide bonds. The Bertz CT molecular complexity index is 183. The maximum absolute atomic E-state index is 11.4. The molecule has 14 heavy (non-hydrogen) atoms. The van der Waals surface area contributed by atoms with Crippen molar-refractivity contribution in [2.45, 2.75) is 45.2 Å². The first-order valence-corrected chi connectivity index (χ1v) is 6.52. The summed E-state index contributed by atoms with van der Waals surface area (Å²) >= 11 is 1.85. The lowest BCUT2D eigenvalue weighted by Gasteiger charge is -2.27. The molecule has 0 bridgehead atoms. The molecular formula is C10H20N2OS. The van der Waals surface area contributed by atoms with E-state index in [-0.39, 0.29) is 12.1 Å². The van der Waals surface area contributed by atoms with Gasteiger partial charge in [0.05, 0.1) is 0 Å². The first kappa shape index (κ1) is 11.7. The van der Waals surface area contributed by atoms with Crippen molar-refractivity contribution in [1.82, 2.24) is 10.6 Å². The van der Waals surface area contributed by atoms with Gasteiger partial charge < -0.3 is 10.6 Å². The predicted octanol–water partition coefficient (Wildman–Crippen LogP) is 1.98. The van der Waals surface area contributed by atoms with E-state index in [1.54, 1.807) is 0 Å². The zero-order valence-corrected chi connectivity index (χ0v) is 9.82. The topological polar surface area (TPSA) is 41.1 Å². The van der Waals surface area contributed by atoms with Crippen molar-refractivity contribution in [2.75, 3.05) is 11.5 Å². The molecule has 0 saturated heterocycles. The molecule has 0 aromatic rings. The van der Waals surface area contributed by atoms with E-state index in [0.717, 1.165) is 24.3 Å². The van der Waals surface area contributed by atoms with E-state index in [1.807, 2.05) is 18.7 Å². The van der Waals surface area contributed by atoms with Gasteiger partial charge in [-0.15, -0.1) is 0 Å². The minimum absolute atomic E-state index is 0.00102. The second kappa shape index (κ2) is 6.17. The number of thioether (sulfide) groups is 1. The third-order valence-electron chi connectivity index (χ3n) is 2.39. The molecule has 1 unspecified atom stereocenters. The van der Waals surface area contributed by atoms with E-state index in [2.05, 4.69) is 17.6 Å². The Morgan fingerprint density at radius 2 is 2.29 bits per heavy atom. The molecule has 0 aromatic carbocycles. The van der Waals surface area contributed by atoms with Gasteiger partial charge in [-0.1, -0.05) is 6.92 Å². The van der Waals surface area contributed by atoms with Gasteiger partial charge in [-0.3, -0.25) is 0 Å². The van der Waals surface area contributed by atoms with Crippen LogP contribution in [0.25, 0.3) is 0 Å². The Morgan fingerprint density at radius 1 is 1.57 bits per heavy atom. The Labute approximate surface area is 90.4 Å². The molecule has 0 heterocycles. The highest BCUT2D eigenvalue weighted by Gasteiger charge is 2.19. The second-order valence-corrected chi connectivity index (χ2v) is 5.13. The van der Waals surface area contributed by atoms with Crippen molar-refractivity contribution < 1.29 is 4.79 Å². The molecule has 1 aliphatic carbocycles. The molecule has 1 aliphatic rings. The molecule has 0 aliphatic heterocycles. The van der Waals surface area contributed by atoms with Gasteiger partial charge in [-0.2, -0.15) is 11.8 Å². The summed E-state index contributed by atoms with van der Waals surface area (Å²) in [5.41, 5.74) is 0. The molecule has 1 atom stereocenters. The number of urea groups is 1. The SMILES string of the molecule is CCSCC(C)NC(=O)NC1CCC1. The quantitative estimate of drug-likeness (QED) is 0.738. The smallest absolute Gasteiger partial charge is 0.315 e. The normalized spacial score (nSPS) is 18.4. The largest absolute Gasteiger partial charge is 0.335 e. The molecule has 0 radical (unpaired) electrons. The third-order valence-corrected chi connectivity index (χ3v) is 3.53. The van der Waals surface area contributed by atoms with E-state index >= 15 is 0 Å². The van der Waals surface area contributed by atoms with Crippen molar-refractivity contribution in [3.05, 3.63) is 0 Å². The number of carbonyl (C=O) groups is 1. The van der Waals surface area contributed by atoms with Gasteiger partial charge in [0.2, 0.25) is 0 Å². The van der Waals surface area contributed by atoms with Crippen molar-refractivity contribution >= 4 is 17.8 Å². The van der Waals surface area contributed by atoms with E-state index in [1.165, 1.54) is 6.42 Å². The van der Waals surface area contributed by atoms with Crippen molar-refractivity contribution in [3.63, 3.8) is 0 Å². The van der Waals surface area contributed by atoms with Gasteiger partial charge in [0.15, 0.2) is 0 Å². The highest BCUT2D eigenvalue weighted by molar-refractivity contribution is 7.99. The summed E-state index contributed by atoms with van der Waals surface area (Å²) in [4.78, 5) is 11.4. The van der Waals surface area contributed by atoms with Gasteiger partial charge >= 0.3 is 6.03 Å². The van der Waals surface area contributed by atoms with E-state index in [9.17, 15) is 4.79 Å². The van der Waals surface area contributed by atoms with Crippen LogP contribution in [0.3, 0.4) is 0 Å². The first-order valence-electron chi connectivity index (χ1n) is 5.37. The molecule has 1 saturated carbocycles. The molecule has 3 nitrogen and oxygen atoms in total. The maximum atomic E-state index is 11.4. The Morgan fingerprint density at radius 3 is 2.79 bits per heavy atom. The van der Waals surface area contributed by atoms with Crippen LogP contribution in [0.1, 0.15) is 33.1 Å². The van der Waals surface area contributed by atoms with Gasteiger partial charge in [0.1, 0.15) is 0 Å². The molecule has 2 N–H and O–H groups in total. The van der Waals surface area contributed by atoms with E-state index < -0.39 is 0 Å². The fourth-order valence-corrected chi connectivity index (χ4v) is 2.01. The van der Waals surface area contributed by atoms with Crippen LogP contribution in [0.15, 0.2) is 0 Å². The minimum atomic E-state index is -0.00102. The molecule has 1 rings (SSSR count). The van der Waals surface area contributed by atoms with Crippen LogP contribution < -0.4 is 10.6 Å². The van der Waals surface area contributed by atoms with Crippen LogP contribution in [-0.4, -0.2) is 29.6 Å². The summed E-state index contributed by atoms with van der Waals surface area (Å²) in [6.45, 7) is 4.18. The minimum Gasteiger partial charge on any atom is -0.335 e. The number of hydrogen-bond acceptors (Lipinski definition) is 2.